The largest absolute Gasteiger partial charge is 0.354 e. The Labute approximate surface area is 151 Å². The molecule has 8 heteroatoms. The SMILES string of the molecule is Cl.O=C(CN1C(=O)NC2(CCc3ccccc32)C1=O)NCC1CNC1. The van der Waals surface area contributed by atoms with Crippen LogP contribution >= 0.6 is 12.4 Å². The molecule has 0 bridgehead atoms. The molecule has 4 rings (SSSR count). The van der Waals surface area contributed by atoms with Gasteiger partial charge in [0.25, 0.3) is 5.91 Å². The summed E-state index contributed by atoms with van der Waals surface area (Å²) < 4.78 is 0. The predicted molar refractivity (Wildman–Crippen MR) is 93.3 cm³/mol. The highest BCUT2D eigenvalue weighted by Crippen LogP contribution is 2.41. The summed E-state index contributed by atoms with van der Waals surface area (Å²) in [4.78, 5) is 38.3. The highest BCUT2D eigenvalue weighted by Gasteiger charge is 2.55. The average Bonchev–Trinajstić information content (AvgIpc) is 3.00. The third kappa shape index (κ3) is 2.87. The molecule has 1 aliphatic carbocycles. The van der Waals surface area contributed by atoms with Crippen molar-refractivity contribution in [3.8, 4) is 0 Å². The van der Waals surface area contributed by atoms with E-state index in [0.29, 0.717) is 18.9 Å². The van der Waals surface area contributed by atoms with Gasteiger partial charge in [-0.25, -0.2) is 4.79 Å². The summed E-state index contributed by atoms with van der Waals surface area (Å²) in [5, 5.41) is 8.76. The minimum Gasteiger partial charge on any atom is -0.354 e. The summed E-state index contributed by atoms with van der Waals surface area (Å²) in [5.41, 5.74) is 0.938. The molecule has 2 saturated heterocycles. The van der Waals surface area contributed by atoms with E-state index in [1.165, 1.54) is 0 Å². The summed E-state index contributed by atoms with van der Waals surface area (Å²) in [6, 6.07) is 7.17. The van der Waals surface area contributed by atoms with Gasteiger partial charge in [0.1, 0.15) is 12.1 Å². The van der Waals surface area contributed by atoms with Crippen LogP contribution in [0, 0.1) is 5.92 Å². The summed E-state index contributed by atoms with van der Waals surface area (Å²) in [7, 11) is 0. The van der Waals surface area contributed by atoms with Crippen LogP contribution < -0.4 is 16.0 Å². The Morgan fingerprint density at radius 3 is 2.76 bits per heavy atom. The fraction of sp³-hybridized carbons (Fsp3) is 0.471. The number of carbonyl (C=O) groups excluding carboxylic acids is 3. The van der Waals surface area contributed by atoms with E-state index in [1.54, 1.807) is 0 Å². The maximum atomic E-state index is 12.9. The van der Waals surface area contributed by atoms with Crippen LogP contribution in [-0.2, 0) is 21.5 Å². The minimum absolute atomic E-state index is 0. The molecule has 3 aliphatic rings. The Kier molecular flexibility index (Phi) is 4.71. The van der Waals surface area contributed by atoms with Crippen molar-refractivity contribution in [3.05, 3.63) is 35.4 Å². The normalized spacial score (nSPS) is 24.6. The van der Waals surface area contributed by atoms with Gasteiger partial charge < -0.3 is 16.0 Å². The summed E-state index contributed by atoms with van der Waals surface area (Å²) >= 11 is 0. The monoisotopic (exact) mass is 364 g/mol. The molecule has 2 heterocycles. The maximum Gasteiger partial charge on any atom is 0.325 e. The van der Waals surface area contributed by atoms with Crippen LogP contribution in [0.15, 0.2) is 24.3 Å². The van der Waals surface area contributed by atoms with Crippen LogP contribution in [0.25, 0.3) is 0 Å². The van der Waals surface area contributed by atoms with Crippen molar-refractivity contribution in [1.29, 1.82) is 0 Å². The Hall–Kier alpha value is -2.12. The molecule has 134 valence electrons. The van der Waals surface area contributed by atoms with Gasteiger partial charge in [-0.05, 0) is 24.0 Å². The van der Waals surface area contributed by atoms with Gasteiger partial charge in [0.2, 0.25) is 5.91 Å². The van der Waals surface area contributed by atoms with Crippen LogP contribution in [-0.4, -0.2) is 48.9 Å². The van der Waals surface area contributed by atoms with Gasteiger partial charge in [0, 0.05) is 25.6 Å². The van der Waals surface area contributed by atoms with Crippen molar-refractivity contribution in [2.45, 2.75) is 18.4 Å². The number of halogens is 1. The fourth-order valence-corrected chi connectivity index (χ4v) is 3.68. The topological polar surface area (TPSA) is 90.5 Å². The molecular formula is C17H21ClN4O3. The molecule has 1 unspecified atom stereocenters. The van der Waals surface area contributed by atoms with Crippen LogP contribution in [0.1, 0.15) is 17.5 Å². The van der Waals surface area contributed by atoms with E-state index in [2.05, 4.69) is 16.0 Å². The number of carbonyl (C=O) groups is 3. The number of nitrogens with zero attached hydrogens (tertiary/aromatic N) is 1. The zero-order valence-electron chi connectivity index (χ0n) is 13.7. The first kappa shape index (κ1) is 17.7. The molecule has 2 aliphatic heterocycles. The quantitative estimate of drug-likeness (QED) is 0.663. The summed E-state index contributed by atoms with van der Waals surface area (Å²) in [6.07, 6.45) is 1.29. The van der Waals surface area contributed by atoms with Crippen LogP contribution in [0.2, 0.25) is 0 Å². The van der Waals surface area contributed by atoms with Gasteiger partial charge in [0.05, 0.1) is 0 Å². The second-order valence-corrected chi connectivity index (χ2v) is 6.71. The number of hydrogen-bond donors (Lipinski definition) is 3. The first-order chi connectivity index (χ1) is 11.6. The van der Waals surface area contributed by atoms with Crippen molar-refractivity contribution in [3.63, 3.8) is 0 Å². The number of amides is 4. The molecule has 3 N–H and O–H groups in total. The lowest BCUT2D eigenvalue weighted by atomic mass is 9.92. The second kappa shape index (κ2) is 6.65. The van der Waals surface area contributed by atoms with Crippen molar-refractivity contribution >= 4 is 30.3 Å². The maximum absolute atomic E-state index is 12.9. The van der Waals surface area contributed by atoms with E-state index in [9.17, 15) is 14.4 Å². The fourth-order valence-electron chi connectivity index (χ4n) is 3.68. The number of hydrogen-bond acceptors (Lipinski definition) is 4. The third-order valence-corrected chi connectivity index (χ3v) is 5.18. The van der Waals surface area contributed by atoms with E-state index in [-0.39, 0.29) is 30.8 Å². The number of aryl methyl sites for hydroxylation is 1. The number of nitrogens with one attached hydrogen (secondary N) is 3. The van der Waals surface area contributed by atoms with Crippen LogP contribution in [0.3, 0.4) is 0 Å². The number of benzene rings is 1. The standard InChI is InChI=1S/C17H20N4O3.ClH/c22-14(19-9-11-7-18-8-11)10-21-15(23)17(20-16(21)24)6-5-12-3-1-2-4-13(12)17;/h1-4,11,18H,5-10H2,(H,19,22)(H,20,24);1H. The smallest absolute Gasteiger partial charge is 0.325 e. The minimum atomic E-state index is -0.994. The Morgan fingerprint density at radius 1 is 1.28 bits per heavy atom. The van der Waals surface area contributed by atoms with Crippen molar-refractivity contribution in [1.82, 2.24) is 20.9 Å². The van der Waals surface area contributed by atoms with E-state index in [0.717, 1.165) is 35.5 Å². The van der Waals surface area contributed by atoms with E-state index in [4.69, 9.17) is 0 Å². The number of imide groups is 1. The van der Waals surface area contributed by atoms with Crippen molar-refractivity contribution < 1.29 is 14.4 Å². The lowest BCUT2D eigenvalue weighted by molar-refractivity contribution is -0.135. The van der Waals surface area contributed by atoms with E-state index >= 15 is 0 Å². The van der Waals surface area contributed by atoms with Crippen LogP contribution in [0.4, 0.5) is 4.79 Å². The lowest BCUT2D eigenvalue weighted by Gasteiger charge is -2.27. The third-order valence-electron chi connectivity index (χ3n) is 5.18. The van der Waals surface area contributed by atoms with Gasteiger partial charge in [0.15, 0.2) is 0 Å². The molecular weight excluding hydrogens is 344 g/mol. The molecule has 1 atom stereocenters. The Morgan fingerprint density at radius 2 is 2.04 bits per heavy atom. The number of rotatable bonds is 4. The average molecular weight is 365 g/mol. The Bertz CT molecular complexity index is 722. The van der Waals surface area contributed by atoms with Gasteiger partial charge in [-0.3, -0.25) is 14.5 Å². The van der Waals surface area contributed by atoms with Gasteiger partial charge >= 0.3 is 6.03 Å². The molecule has 1 spiro atoms. The number of urea groups is 1. The van der Waals surface area contributed by atoms with Gasteiger partial charge in [-0.15, -0.1) is 12.4 Å². The van der Waals surface area contributed by atoms with Crippen LogP contribution in [0.5, 0.6) is 0 Å². The summed E-state index contributed by atoms with van der Waals surface area (Å²) in [6.45, 7) is 2.13. The molecule has 1 aromatic carbocycles. The van der Waals surface area contributed by atoms with Gasteiger partial charge in [-0.1, -0.05) is 24.3 Å². The summed E-state index contributed by atoms with van der Waals surface area (Å²) in [5.74, 6) is -0.184. The number of fused-ring (bicyclic) bond motifs is 2. The zero-order chi connectivity index (χ0) is 16.7. The highest BCUT2D eigenvalue weighted by molar-refractivity contribution is 6.09. The highest BCUT2D eigenvalue weighted by atomic mass is 35.5. The Balaban J connectivity index is 0.00000182. The van der Waals surface area contributed by atoms with Crippen molar-refractivity contribution in [2.24, 2.45) is 5.92 Å². The molecule has 4 amide bonds. The molecule has 0 aromatic heterocycles. The molecule has 0 radical (unpaired) electrons. The molecule has 7 nitrogen and oxygen atoms in total. The second-order valence-electron chi connectivity index (χ2n) is 6.71. The molecule has 1 aromatic rings. The molecule has 2 fully saturated rings. The molecule has 0 saturated carbocycles. The zero-order valence-corrected chi connectivity index (χ0v) is 14.5. The van der Waals surface area contributed by atoms with E-state index in [1.807, 2.05) is 24.3 Å². The predicted octanol–water partition coefficient (Wildman–Crippen LogP) is 0.137. The van der Waals surface area contributed by atoms with Gasteiger partial charge in [-0.2, -0.15) is 0 Å². The first-order valence-corrected chi connectivity index (χ1v) is 8.30. The van der Waals surface area contributed by atoms with E-state index < -0.39 is 11.6 Å². The lowest BCUT2D eigenvalue weighted by Crippen LogP contribution is -2.50. The molecule has 25 heavy (non-hydrogen) atoms. The first-order valence-electron chi connectivity index (χ1n) is 8.30. The van der Waals surface area contributed by atoms with Crippen molar-refractivity contribution in [2.75, 3.05) is 26.2 Å².